The molecule has 5 nitrogen and oxygen atoms in total. The molecule has 1 aromatic heterocycles. The zero-order chi connectivity index (χ0) is 18.5. The van der Waals surface area contributed by atoms with Crippen molar-refractivity contribution in [3.8, 4) is 22.8 Å². The summed E-state index contributed by atoms with van der Waals surface area (Å²) < 4.78 is 5.04. The van der Waals surface area contributed by atoms with E-state index >= 15 is 0 Å². The Kier molecular flexibility index (Phi) is 5.55. The summed E-state index contributed by atoms with van der Waals surface area (Å²) in [6, 6.07) is 12.2. The average molecular weight is 387 g/mol. The lowest BCUT2D eigenvalue weighted by atomic mass is 10.2. The number of ether oxygens (including phenoxy) is 1. The van der Waals surface area contributed by atoms with Crippen molar-refractivity contribution in [1.82, 2.24) is 4.98 Å². The van der Waals surface area contributed by atoms with E-state index in [2.05, 4.69) is 10.3 Å². The van der Waals surface area contributed by atoms with Gasteiger partial charge in [-0.2, -0.15) is 0 Å². The second-order valence-electron chi connectivity index (χ2n) is 5.30. The fourth-order valence-electron chi connectivity index (χ4n) is 2.23. The van der Waals surface area contributed by atoms with Crippen LogP contribution in [0.4, 0.5) is 5.13 Å². The summed E-state index contributed by atoms with van der Waals surface area (Å²) in [5.41, 5.74) is 2.37. The lowest BCUT2D eigenvalue weighted by Gasteiger charge is -2.03. The minimum atomic E-state index is -0.302. The minimum Gasteiger partial charge on any atom is -0.504 e. The molecule has 0 unspecified atom stereocenters. The van der Waals surface area contributed by atoms with E-state index in [0.29, 0.717) is 15.9 Å². The molecule has 0 aliphatic heterocycles. The van der Waals surface area contributed by atoms with Gasteiger partial charge in [0.25, 0.3) is 0 Å². The summed E-state index contributed by atoms with van der Waals surface area (Å²) in [7, 11) is 1.47. The zero-order valence-electron chi connectivity index (χ0n) is 13.8. The first-order chi connectivity index (χ1) is 12.5. The van der Waals surface area contributed by atoms with Crippen molar-refractivity contribution in [2.75, 3.05) is 12.4 Å². The highest BCUT2D eigenvalue weighted by molar-refractivity contribution is 7.14. The molecule has 0 aliphatic rings. The number of rotatable bonds is 5. The largest absolute Gasteiger partial charge is 0.504 e. The van der Waals surface area contributed by atoms with Crippen LogP contribution in [0.15, 0.2) is 53.9 Å². The number of phenolic OH excluding ortho intramolecular Hbond substituents is 1. The van der Waals surface area contributed by atoms with Crippen molar-refractivity contribution in [3.63, 3.8) is 0 Å². The molecule has 3 rings (SSSR count). The number of thiazole rings is 1. The summed E-state index contributed by atoms with van der Waals surface area (Å²) >= 11 is 7.32. The molecule has 1 heterocycles. The number of carbonyl (C=O) groups is 1. The second kappa shape index (κ2) is 8.03. The van der Waals surface area contributed by atoms with Crippen molar-refractivity contribution >= 4 is 40.1 Å². The van der Waals surface area contributed by atoms with Crippen LogP contribution in [0, 0.1) is 0 Å². The maximum absolute atomic E-state index is 12.1. The smallest absolute Gasteiger partial charge is 0.250 e. The third-order valence-corrected chi connectivity index (χ3v) is 4.48. The Morgan fingerprint density at radius 2 is 2.15 bits per heavy atom. The topological polar surface area (TPSA) is 71.5 Å². The van der Waals surface area contributed by atoms with Gasteiger partial charge >= 0.3 is 0 Å². The van der Waals surface area contributed by atoms with E-state index < -0.39 is 0 Å². The molecular formula is C19H15ClN2O3S. The summed E-state index contributed by atoms with van der Waals surface area (Å²) in [5.74, 6) is 0.0908. The van der Waals surface area contributed by atoms with Crippen molar-refractivity contribution in [3.05, 3.63) is 64.5 Å². The molecule has 7 heteroatoms. The van der Waals surface area contributed by atoms with Crippen molar-refractivity contribution < 1.29 is 14.6 Å². The summed E-state index contributed by atoms with van der Waals surface area (Å²) in [5, 5.41) is 15.3. The van der Waals surface area contributed by atoms with Crippen LogP contribution in [0.5, 0.6) is 11.5 Å². The molecule has 26 heavy (non-hydrogen) atoms. The second-order valence-corrected chi connectivity index (χ2v) is 6.60. The van der Waals surface area contributed by atoms with Gasteiger partial charge < -0.3 is 9.84 Å². The molecule has 1 amide bonds. The van der Waals surface area contributed by atoms with E-state index in [1.807, 2.05) is 23.6 Å². The molecule has 0 radical (unpaired) electrons. The van der Waals surface area contributed by atoms with E-state index in [9.17, 15) is 9.90 Å². The van der Waals surface area contributed by atoms with Gasteiger partial charge in [0.1, 0.15) is 0 Å². The first-order valence-corrected chi connectivity index (χ1v) is 8.88. The summed E-state index contributed by atoms with van der Waals surface area (Å²) in [6.45, 7) is 0. The van der Waals surface area contributed by atoms with Gasteiger partial charge in [0, 0.05) is 22.0 Å². The number of amides is 1. The lowest BCUT2D eigenvalue weighted by molar-refractivity contribution is -0.111. The van der Waals surface area contributed by atoms with Crippen LogP contribution in [0.3, 0.4) is 0 Å². The first kappa shape index (κ1) is 18.0. The number of hydrogen-bond acceptors (Lipinski definition) is 5. The predicted octanol–water partition coefficient (Wildman–Crippen LogP) is 4.83. The molecular weight excluding hydrogens is 372 g/mol. The quantitative estimate of drug-likeness (QED) is 0.616. The van der Waals surface area contributed by atoms with E-state index in [1.54, 1.807) is 24.3 Å². The van der Waals surface area contributed by atoms with E-state index in [-0.39, 0.29) is 11.7 Å². The van der Waals surface area contributed by atoms with Crippen LogP contribution in [-0.4, -0.2) is 23.1 Å². The number of aromatic hydroxyl groups is 1. The highest BCUT2D eigenvalue weighted by Crippen LogP contribution is 2.28. The number of nitrogens with zero attached hydrogens (tertiary/aromatic N) is 1. The molecule has 0 spiro atoms. The molecule has 3 aromatic rings. The maximum atomic E-state index is 12.1. The van der Waals surface area contributed by atoms with Crippen LogP contribution in [0.1, 0.15) is 5.56 Å². The third kappa shape index (κ3) is 4.41. The fraction of sp³-hybridized carbons (Fsp3) is 0.0526. The number of aromatic nitrogens is 1. The van der Waals surface area contributed by atoms with Crippen molar-refractivity contribution in [2.24, 2.45) is 0 Å². The number of hydrogen-bond donors (Lipinski definition) is 2. The molecule has 0 saturated carbocycles. The number of nitrogens with one attached hydrogen (secondary N) is 1. The Labute approximate surface area is 159 Å². The molecule has 0 atom stereocenters. The van der Waals surface area contributed by atoms with Gasteiger partial charge in [0.2, 0.25) is 5.91 Å². The molecule has 0 saturated heterocycles. The number of halogens is 1. The summed E-state index contributed by atoms with van der Waals surface area (Å²) in [4.78, 5) is 16.5. The van der Waals surface area contributed by atoms with Crippen LogP contribution in [0.2, 0.25) is 5.02 Å². The molecule has 0 fully saturated rings. The van der Waals surface area contributed by atoms with Crippen molar-refractivity contribution in [1.29, 1.82) is 0 Å². The maximum Gasteiger partial charge on any atom is 0.250 e. The van der Waals surface area contributed by atoms with Crippen LogP contribution in [-0.2, 0) is 4.79 Å². The standard InChI is InChI=1S/C19H15ClN2O3S/c1-25-17-9-12(5-7-16(17)23)6-8-18(24)22-19-21-15(11-26-19)13-3-2-4-14(20)10-13/h2-11,23H,1H3,(H,21,22,24)/b8-6-. The molecule has 0 bridgehead atoms. The van der Waals surface area contributed by atoms with Gasteiger partial charge in [-0.25, -0.2) is 4.98 Å². The normalized spacial score (nSPS) is 10.8. The monoisotopic (exact) mass is 386 g/mol. The first-order valence-electron chi connectivity index (χ1n) is 7.62. The SMILES string of the molecule is COc1cc(/C=C\C(=O)Nc2nc(-c3cccc(Cl)c3)cs2)ccc1O. The number of carbonyl (C=O) groups excluding carboxylic acids is 1. The third-order valence-electron chi connectivity index (χ3n) is 3.49. The Hall–Kier alpha value is -2.83. The van der Waals surface area contributed by atoms with Crippen LogP contribution in [0.25, 0.3) is 17.3 Å². The van der Waals surface area contributed by atoms with Gasteiger partial charge in [0.05, 0.1) is 12.8 Å². The average Bonchev–Trinajstić information content (AvgIpc) is 3.09. The number of methoxy groups -OCH3 is 1. The van der Waals surface area contributed by atoms with Gasteiger partial charge in [-0.1, -0.05) is 29.8 Å². The summed E-state index contributed by atoms with van der Waals surface area (Å²) in [6.07, 6.45) is 3.02. The number of benzene rings is 2. The Morgan fingerprint density at radius 3 is 2.92 bits per heavy atom. The van der Waals surface area contributed by atoms with Gasteiger partial charge in [-0.3, -0.25) is 10.1 Å². The highest BCUT2D eigenvalue weighted by atomic mass is 35.5. The van der Waals surface area contributed by atoms with Crippen LogP contribution >= 0.6 is 22.9 Å². The lowest BCUT2D eigenvalue weighted by Crippen LogP contribution is -2.07. The Balaban J connectivity index is 1.67. The van der Waals surface area contributed by atoms with Gasteiger partial charge in [0.15, 0.2) is 16.6 Å². The zero-order valence-corrected chi connectivity index (χ0v) is 15.3. The number of phenols is 1. The van der Waals surface area contributed by atoms with Gasteiger partial charge in [-0.05, 0) is 35.9 Å². The Bertz CT molecular complexity index is 969. The predicted molar refractivity (Wildman–Crippen MR) is 105 cm³/mol. The molecule has 132 valence electrons. The molecule has 2 aromatic carbocycles. The van der Waals surface area contributed by atoms with E-state index in [0.717, 1.165) is 16.8 Å². The number of anilines is 1. The minimum absolute atomic E-state index is 0.0467. The van der Waals surface area contributed by atoms with E-state index in [1.165, 1.54) is 30.6 Å². The molecule has 0 aliphatic carbocycles. The van der Waals surface area contributed by atoms with Gasteiger partial charge in [-0.15, -0.1) is 11.3 Å². The van der Waals surface area contributed by atoms with Crippen molar-refractivity contribution in [2.45, 2.75) is 0 Å². The highest BCUT2D eigenvalue weighted by Gasteiger charge is 2.07. The Morgan fingerprint density at radius 1 is 1.31 bits per heavy atom. The van der Waals surface area contributed by atoms with Crippen LogP contribution < -0.4 is 10.1 Å². The fourth-order valence-corrected chi connectivity index (χ4v) is 3.14. The molecule has 2 N–H and O–H groups in total. The van der Waals surface area contributed by atoms with E-state index in [4.69, 9.17) is 16.3 Å².